The third-order valence-electron chi connectivity index (χ3n) is 3.15. The van der Waals surface area contributed by atoms with Gasteiger partial charge in [-0.2, -0.15) is 0 Å². The highest BCUT2D eigenvalue weighted by Crippen LogP contribution is 2.22. The number of hydrogen-bond donors (Lipinski definition) is 1. The smallest absolute Gasteiger partial charge is 0.244 e. The van der Waals surface area contributed by atoms with E-state index in [9.17, 15) is 9.18 Å². The summed E-state index contributed by atoms with van der Waals surface area (Å²) in [7, 11) is 0. The minimum atomic E-state index is -0.313. The summed E-state index contributed by atoms with van der Waals surface area (Å²) in [6.45, 7) is 4.63. The monoisotopic (exact) mass is 236 g/mol. The zero-order chi connectivity index (χ0) is 12.4. The van der Waals surface area contributed by atoms with Crippen LogP contribution in [-0.2, 0) is 4.79 Å². The lowest BCUT2D eigenvalue weighted by Crippen LogP contribution is -2.44. The molecule has 1 fully saturated rings. The molecule has 17 heavy (non-hydrogen) atoms. The molecule has 1 N–H and O–H groups in total. The molecule has 0 aromatic heterocycles. The normalized spacial score (nSPS) is 25.8. The van der Waals surface area contributed by atoms with Gasteiger partial charge in [-0.1, -0.05) is 6.07 Å². The molecular weight excluding hydrogens is 219 g/mol. The topological polar surface area (TPSA) is 32.3 Å². The van der Waals surface area contributed by atoms with Gasteiger partial charge in [-0.3, -0.25) is 4.79 Å². The Morgan fingerprint density at radius 3 is 2.88 bits per heavy atom. The molecular formula is C13H17FN2O. The SMILES string of the molecule is CC1NCCC(C)N(c2cccc(F)c2)C1=O. The summed E-state index contributed by atoms with van der Waals surface area (Å²) in [6, 6.07) is 6.07. The van der Waals surface area contributed by atoms with Crippen molar-refractivity contribution >= 4 is 11.6 Å². The third-order valence-corrected chi connectivity index (χ3v) is 3.15. The van der Waals surface area contributed by atoms with Gasteiger partial charge in [-0.25, -0.2) is 4.39 Å². The highest BCUT2D eigenvalue weighted by atomic mass is 19.1. The maximum atomic E-state index is 13.2. The third kappa shape index (κ3) is 2.47. The zero-order valence-corrected chi connectivity index (χ0v) is 10.1. The van der Waals surface area contributed by atoms with Crippen molar-refractivity contribution in [2.24, 2.45) is 0 Å². The number of amides is 1. The van der Waals surface area contributed by atoms with Gasteiger partial charge in [0.2, 0.25) is 5.91 Å². The number of benzene rings is 1. The second-order valence-corrected chi connectivity index (χ2v) is 4.50. The van der Waals surface area contributed by atoms with Gasteiger partial charge in [-0.05, 0) is 45.0 Å². The van der Waals surface area contributed by atoms with Crippen LogP contribution in [0, 0.1) is 5.82 Å². The van der Waals surface area contributed by atoms with Crippen LogP contribution in [0.4, 0.5) is 10.1 Å². The number of nitrogens with zero attached hydrogens (tertiary/aromatic N) is 1. The van der Waals surface area contributed by atoms with Crippen molar-refractivity contribution in [1.29, 1.82) is 0 Å². The lowest BCUT2D eigenvalue weighted by Gasteiger charge is -2.28. The quantitative estimate of drug-likeness (QED) is 0.808. The average molecular weight is 236 g/mol. The Labute approximate surface area is 101 Å². The van der Waals surface area contributed by atoms with E-state index in [1.54, 1.807) is 17.0 Å². The summed E-state index contributed by atoms with van der Waals surface area (Å²) < 4.78 is 13.2. The maximum Gasteiger partial charge on any atom is 0.244 e. The zero-order valence-electron chi connectivity index (χ0n) is 10.1. The van der Waals surface area contributed by atoms with Crippen LogP contribution in [0.15, 0.2) is 24.3 Å². The van der Waals surface area contributed by atoms with Crippen molar-refractivity contribution in [2.45, 2.75) is 32.4 Å². The van der Waals surface area contributed by atoms with Crippen LogP contribution in [0.2, 0.25) is 0 Å². The molecule has 3 nitrogen and oxygen atoms in total. The van der Waals surface area contributed by atoms with Gasteiger partial charge in [-0.15, -0.1) is 0 Å². The highest BCUT2D eigenvalue weighted by molar-refractivity contribution is 5.97. The molecule has 2 unspecified atom stereocenters. The fourth-order valence-corrected chi connectivity index (χ4v) is 2.16. The minimum Gasteiger partial charge on any atom is -0.308 e. The predicted octanol–water partition coefficient (Wildman–Crippen LogP) is 1.93. The standard InChI is InChI=1S/C13H17FN2O/c1-9-6-7-15-10(2)13(17)16(9)12-5-3-4-11(14)8-12/h3-5,8-10,15H,6-7H2,1-2H3. The molecule has 0 saturated carbocycles. The number of anilines is 1. The summed E-state index contributed by atoms with van der Waals surface area (Å²) in [5, 5.41) is 3.15. The number of carbonyl (C=O) groups is 1. The van der Waals surface area contributed by atoms with Gasteiger partial charge >= 0.3 is 0 Å². The summed E-state index contributed by atoms with van der Waals surface area (Å²) in [5.41, 5.74) is 0.637. The van der Waals surface area contributed by atoms with Crippen LogP contribution >= 0.6 is 0 Å². The number of hydrogen-bond acceptors (Lipinski definition) is 2. The van der Waals surface area contributed by atoms with Crippen LogP contribution < -0.4 is 10.2 Å². The molecule has 0 spiro atoms. The number of rotatable bonds is 1. The fraction of sp³-hybridized carbons (Fsp3) is 0.462. The number of carbonyl (C=O) groups excluding carboxylic acids is 1. The van der Waals surface area contributed by atoms with Gasteiger partial charge in [0.25, 0.3) is 0 Å². The van der Waals surface area contributed by atoms with Crippen molar-refractivity contribution in [2.75, 3.05) is 11.4 Å². The van der Waals surface area contributed by atoms with Crippen molar-refractivity contribution in [3.63, 3.8) is 0 Å². The number of halogens is 1. The van der Waals surface area contributed by atoms with Crippen LogP contribution in [0.3, 0.4) is 0 Å². The first-order valence-corrected chi connectivity index (χ1v) is 5.91. The van der Waals surface area contributed by atoms with Crippen LogP contribution in [0.5, 0.6) is 0 Å². The van der Waals surface area contributed by atoms with E-state index >= 15 is 0 Å². The molecule has 0 radical (unpaired) electrons. The molecule has 0 aliphatic carbocycles. The lowest BCUT2D eigenvalue weighted by atomic mass is 10.1. The molecule has 92 valence electrons. The van der Waals surface area contributed by atoms with E-state index in [2.05, 4.69) is 5.32 Å². The minimum absolute atomic E-state index is 0.000556. The Balaban J connectivity index is 2.36. The molecule has 1 saturated heterocycles. The molecule has 1 aromatic carbocycles. The Morgan fingerprint density at radius 2 is 2.18 bits per heavy atom. The molecule has 1 heterocycles. The van der Waals surface area contributed by atoms with E-state index < -0.39 is 0 Å². The van der Waals surface area contributed by atoms with Crippen LogP contribution in [0.1, 0.15) is 20.3 Å². The van der Waals surface area contributed by atoms with Crippen LogP contribution in [-0.4, -0.2) is 24.5 Å². The second kappa shape index (κ2) is 4.84. The van der Waals surface area contributed by atoms with Gasteiger partial charge in [0.1, 0.15) is 5.82 Å². The molecule has 1 aliphatic heterocycles. The summed E-state index contributed by atoms with van der Waals surface area (Å²) in [6.07, 6.45) is 0.868. The first kappa shape index (κ1) is 12.0. The molecule has 2 atom stereocenters. The molecule has 4 heteroatoms. The van der Waals surface area contributed by atoms with Gasteiger partial charge < -0.3 is 10.2 Å². The van der Waals surface area contributed by atoms with E-state index in [1.807, 2.05) is 13.8 Å². The fourth-order valence-electron chi connectivity index (χ4n) is 2.16. The maximum absolute atomic E-state index is 13.2. The Hall–Kier alpha value is -1.42. The first-order valence-electron chi connectivity index (χ1n) is 5.91. The predicted molar refractivity (Wildman–Crippen MR) is 65.4 cm³/mol. The second-order valence-electron chi connectivity index (χ2n) is 4.50. The first-order chi connectivity index (χ1) is 8.09. The van der Waals surface area contributed by atoms with Crippen LogP contribution in [0.25, 0.3) is 0 Å². The lowest BCUT2D eigenvalue weighted by molar-refractivity contribution is -0.120. The van der Waals surface area contributed by atoms with E-state index in [1.165, 1.54) is 12.1 Å². The molecule has 2 rings (SSSR count). The molecule has 1 aromatic rings. The highest BCUT2D eigenvalue weighted by Gasteiger charge is 2.29. The van der Waals surface area contributed by atoms with E-state index in [-0.39, 0.29) is 23.8 Å². The molecule has 1 amide bonds. The van der Waals surface area contributed by atoms with Gasteiger partial charge in [0, 0.05) is 11.7 Å². The van der Waals surface area contributed by atoms with Gasteiger partial charge in [0.15, 0.2) is 0 Å². The summed E-state index contributed by atoms with van der Waals surface area (Å²) in [5.74, 6) is -0.312. The van der Waals surface area contributed by atoms with Crippen molar-refractivity contribution in [3.05, 3.63) is 30.1 Å². The van der Waals surface area contributed by atoms with E-state index in [4.69, 9.17) is 0 Å². The van der Waals surface area contributed by atoms with E-state index in [0.29, 0.717) is 5.69 Å². The van der Waals surface area contributed by atoms with Crippen molar-refractivity contribution < 1.29 is 9.18 Å². The van der Waals surface area contributed by atoms with Gasteiger partial charge in [0.05, 0.1) is 6.04 Å². The van der Waals surface area contributed by atoms with Crippen molar-refractivity contribution in [3.8, 4) is 0 Å². The Kier molecular flexibility index (Phi) is 3.43. The molecule has 0 bridgehead atoms. The van der Waals surface area contributed by atoms with E-state index in [0.717, 1.165) is 13.0 Å². The van der Waals surface area contributed by atoms with Crippen molar-refractivity contribution in [1.82, 2.24) is 5.32 Å². The summed E-state index contributed by atoms with van der Waals surface area (Å²) in [4.78, 5) is 13.9. The largest absolute Gasteiger partial charge is 0.308 e. The summed E-state index contributed by atoms with van der Waals surface area (Å²) >= 11 is 0. The Morgan fingerprint density at radius 1 is 1.41 bits per heavy atom. The number of nitrogens with one attached hydrogen (secondary N) is 1. The average Bonchev–Trinajstić information content (AvgIpc) is 2.40. The Bertz CT molecular complexity index is 422. The molecule has 1 aliphatic rings.